The van der Waals surface area contributed by atoms with Crippen LogP contribution in [0.1, 0.15) is 10.7 Å². The van der Waals surface area contributed by atoms with E-state index in [4.69, 9.17) is 0 Å². The Bertz CT molecular complexity index is 891. The summed E-state index contributed by atoms with van der Waals surface area (Å²) in [6.07, 6.45) is -2.84. The lowest BCUT2D eigenvalue weighted by atomic mass is 10.2. The number of hydrogen-bond acceptors (Lipinski definition) is 5. The third-order valence-electron chi connectivity index (χ3n) is 3.55. The van der Waals surface area contributed by atoms with Gasteiger partial charge < -0.3 is 4.90 Å². The molecular weight excluding hydrogens is 367 g/mol. The molecule has 0 spiro atoms. The Balaban J connectivity index is 1.61. The Morgan fingerprint density at radius 1 is 1.27 bits per heavy atom. The molecule has 10 heteroatoms. The Hall–Kier alpha value is -2.75. The van der Waals surface area contributed by atoms with Crippen molar-refractivity contribution in [3.8, 4) is 11.3 Å². The maximum atomic E-state index is 12.6. The first-order valence-corrected chi connectivity index (χ1v) is 8.42. The van der Waals surface area contributed by atoms with E-state index in [-0.39, 0.29) is 24.0 Å². The summed E-state index contributed by atoms with van der Waals surface area (Å²) in [4.78, 5) is 17.1. The van der Waals surface area contributed by atoms with Crippen molar-refractivity contribution in [3.05, 3.63) is 52.6 Å². The summed E-state index contributed by atoms with van der Waals surface area (Å²) in [5.74, 6) is -0.307. The lowest BCUT2D eigenvalue weighted by molar-refractivity contribution is -0.140. The molecule has 1 aromatic carbocycles. The zero-order valence-corrected chi connectivity index (χ0v) is 14.5. The molecule has 0 aliphatic carbocycles. The van der Waals surface area contributed by atoms with Crippen molar-refractivity contribution in [1.29, 1.82) is 0 Å². The monoisotopic (exact) mass is 381 g/mol. The number of carbonyl (C=O) groups is 1. The van der Waals surface area contributed by atoms with E-state index >= 15 is 0 Å². The van der Waals surface area contributed by atoms with Gasteiger partial charge in [-0.2, -0.15) is 13.2 Å². The van der Waals surface area contributed by atoms with Crippen LogP contribution >= 0.6 is 11.3 Å². The van der Waals surface area contributed by atoms with Crippen LogP contribution in [0, 0.1) is 0 Å². The zero-order valence-electron chi connectivity index (χ0n) is 13.6. The summed E-state index contributed by atoms with van der Waals surface area (Å²) < 4.78 is 39.1. The second-order valence-electron chi connectivity index (χ2n) is 5.54. The number of thiazole rings is 1. The van der Waals surface area contributed by atoms with Gasteiger partial charge in [-0.05, 0) is 0 Å². The fourth-order valence-electron chi connectivity index (χ4n) is 2.18. The lowest BCUT2D eigenvalue weighted by Gasteiger charge is -2.15. The number of amides is 1. The lowest BCUT2D eigenvalue weighted by Crippen LogP contribution is -2.30. The first-order valence-electron chi connectivity index (χ1n) is 7.54. The molecule has 0 bridgehead atoms. The van der Waals surface area contributed by atoms with Crippen molar-refractivity contribution in [2.45, 2.75) is 19.3 Å². The molecule has 0 saturated heterocycles. The van der Waals surface area contributed by atoms with Gasteiger partial charge in [0.1, 0.15) is 17.2 Å². The van der Waals surface area contributed by atoms with Crippen LogP contribution < -0.4 is 0 Å². The molecule has 0 unspecified atom stereocenters. The van der Waals surface area contributed by atoms with Gasteiger partial charge in [-0.1, -0.05) is 35.5 Å². The number of nitrogens with zero attached hydrogens (tertiary/aromatic N) is 5. The van der Waals surface area contributed by atoms with Gasteiger partial charge >= 0.3 is 6.18 Å². The maximum absolute atomic E-state index is 12.6. The fourth-order valence-corrected chi connectivity index (χ4v) is 3.03. The van der Waals surface area contributed by atoms with Crippen molar-refractivity contribution in [2.24, 2.45) is 0 Å². The minimum absolute atomic E-state index is 0.000179. The van der Waals surface area contributed by atoms with Crippen molar-refractivity contribution in [3.63, 3.8) is 0 Å². The van der Waals surface area contributed by atoms with Gasteiger partial charge in [0.2, 0.25) is 5.91 Å². The summed E-state index contributed by atoms with van der Waals surface area (Å²) in [6, 6.07) is 9.38. The molecule has 0 N–H and O–H groups in total. The summed E-state index contributed by atoms with van der Waals surface area (Å²) in [7, 11) is 1.51. The zero-order chi connectivity index (χ0) is 18.7. The first-order chi connectivity index (χ1) is 12.3. The predicted octanol–water partition coefficient (Wildman–Crippen LogP) is 3.08. The Morgan fingerprint density at radius 2 is 2.00 bits per heavy atom. The highest BCUT2D eigenvalue weighted by Crippen LogP contribution is 2.30. The van der Waals surface area contributed by atoms with Crippen LogP contribution in [-0.4, -0.2) is 37.8 Å². The number of rotatable bonds is 5. The van der Waals surface area contributed by atoms with E-state index in [9.17, 15) is 18.0 Å². The van der Waals surface area contributed by atoms with Crippen LogP contribution in [0.3, 0.4) is 0 Å². The molecule has 2 heterocycles. The predicted molar refractivity (Wildman–Crippen MR) is 89.0 cm³/mol. The minimum Gasteiger partial charge on any atom is -0.337 e. The molecular formula is C16H14F3N5OS. The van der Waals surface area contributed by atoms with E-state index in [0.29, 0.717) is 5.69 Å². The first kappa shape index (κ1) is 18.1. The number of benzene rings is 1. The Labute approximate surface area is 150 Å². The maximum Gasteiger partial charge on any atom is 0.434 e. The van der Waals surface area contributed by atoms with Crippen LogP contribution in [0.15, 0.2) is 41.9 Å². The average Bonchev–Trinajstić information content (AvgIpc) is 3.25. The van der Waals surface area contributed by atoms with Gasteiger partial charge in [-0.25, -0.2) is 9.67 Å². The van der Waals surface area contributed by atoms with Gasteiger partial charge in [0.25, 0.3) is 0 Å². The van der Waals surface area contributed by atoms with Gasteiger partial charge in [-0.3, -0.25) is 4.79 Å². The van der Waals surface area contributed by atoms with Crippen molar-refractivity contribution in [2.75, 3.05) is 7.05 Å². The Kier molecular flexibility index (Phi) is 5.03. The number of alkyl halides is 3. The summed E-state index contributed by atoms with van der Waals surface area (Å²) in [6.45, 7) is -0.0618. The van der Waals surface area contributed by atoms with Crippen LogP contribution in [0.4, 0.5) is 13.2 Å². The highest BCUT2D eigenvalue weighted by Gasteiger charge is 2.33. The highest BCUT2D eigenvalue weighted by molar-refractivity contribution is 7.09. The van der Waals surface area contributed by atoms with E-state index in [1.807, 2.05) is 30.3 Å². The van der Waals surface area contributed by atoms with E-state index in [1.165, 1.54) is 16.6 Å². The SMILES string of the molecule is CN(Cc1nc(C(F)(F)F)cs1)C(=O)Cn1cc(-c2ccccc2)nn1. The van der Waals surface area contributed by atoms with E-state index < -0.39 is 11.9 Å². The molecule has 0 aliphatic heterocycles. The molecule has 0 aliphatic rings. The Morgan fingerprint density at radius 3 is 2.65 bits per heavy atom. The van der Waals surface area contributed by atoms with Gasteiger partial charge in [0.15, 0.2) is 5.69 Å². The number of aromatic nitrogens is 4. The minimum atomic E-state index is -4.48. The van der Waals surface area contributed by atoms with Crippen LogP contribution in [-0.2, 0) is 24.1 Å². The topological polar surface area (TPSA) is 63.9 Å². The second kappa shape index (κ2) is 7.24. The van der Waals surface area contributed by atoms with Crippen LogP contribution in [0.2, 0.25) is 0 Å². The third-order valence-corrected chi connectivity index (χ3v) is 4.38. The number of likely N-dealkylation sites (N-methyl/N-ethyl adjacent to an activating group) is 1. The van der Waals surface area contributed by atoms with Crippen molar-refractivity contribution >= 4 is 17.2 Å². The molecule has 0 radical (unpaired) electrons. The molecule has 2 aromatic heterocycles. The smallest absolute Gasteiger partial charge is 0.337 e. The highest BCUT2D eigenvalue weighted by atomic mass is 32.1. The molecule has 0 atom stereocenters. The molecule has 26 heavy (non-hydrogen) atoms. The van der Waals surface area contributed by atoms with Crippen LogP contribution in [0.5, 0.6) is 0 Å². The van der Waals surface area contributed by atoms with E-state index in [1.54, 1.807) is 6.20 Å². The third kappa shape index (κ3) is 4.26. The molecule has 6 nitrogen and oxygen atoms in total. The normalized spacial score (nSPS) is 11.5. The van der Waals surface area contributed by atoms with Crippen molar-refractivity contribution < 1.29 is 18.0 Å². The summed E-state index contributed by atoms with van der Waals surface area (Å²) in [5, 5.41) is 9.10. The fraction of sp³-hybridized carbons (Fsp3) is 0.250. The van der Waals surface area contributed by atoms with E-state index in [0.717, 1.165) is 22.3 Å². The number of hydrogen-bond donors (Lipinski definition) is 0. The quantitative estimate of drug-likeness (QED) is 0.681. The average molecular weight is 381 g/mol. The standard InChI is InChI=1S/C16H14F3N5OS/c1-23(8-14-20-13(10-26-14)16(17,18)19)15(25)9-24-7-12(21-22-24)11-5-3-2-4-6-11/h2-7,10H,8-9H2,1H3. The summed E-state index contributed by atoms with van der Waals surface area (Å²) >= 11 is 0.870. The molecule has 3 aromatic rings. The molecule has 1 amide bonds. The van der Waals surface area contributed by atoms with Gasteiger partial charge in [-0.15, -0.1) is 16.4 Å². The van der Waals surface area contributed by atoms with Gasteiger partial charge in [0, 0.05) is 18.0 Å². The largest absolute Gasteiger partial charge is 0.434 e. The molecule has 0 saturated carbocycles. The molecule has 3 rings (SSSR count). The van der Waals surface area contributed by atoms with E-state index in [2.05, 4.69) is 15.3 Å². The van der Waals surface area contributed by atoms with Gasteiger partial charge in [0.05, 0.1) is 12.7 Å². The molecule has 136 valence electrons. The van der Waals surface area contributed by atoms with Crippen LogP contribution in [0.25, 0.3) is 11.3 Å². The second-order valence-corrected chi connectivity index (χ2v) is 6.48. The number of carbonyl (C=O) groups excluding carboxylic acids is 1. The number of halogens is 3. The summed E-state index contributed by atoms with van der Waals surface area (Å²) in [5.41, 5.74) is 0.569. The molecule has 0 fully saturated rings. The van der Waals surface area contributed by atoms with Crippen molar-refractivity contribution in [1.82, 2.24) is 24.9 Å².